The molecule has 0 radical (unpaired) electrons. The molecule has 0 fully saturated rings. The minimum atomic E-state index is -0.535. The SMILES string of the molecule is Cc1ccc2c(c1)OCC(O)CO2. The van der Waals surface area contributed by atoms with Gasteiger partial charge in [0.15, 0.2) is 11.5 Å². The van der Waals surface area contributed by atoms with Gasteiger partial charge in [-0.3, -0.25) is 0 Å². The van der Waals surface area contributed by atoms with Crippen LogP contribution in [0.1, 0.15) is 5.56 Å². The van der Waals surface area contributed by atoms with E-state index < -0.39 is 6.10 Å². The highest BCUT2D eigenvalue weighted by Crippen LogP contribution is 2.29. The van der Waals surface area contributed by atoms with E-state index in [2.05, 4.69) is 0 Å². The van der Waals surface area contributed by atoms with Crippen molar-refractivity contribution in [2.24, 2.45) is 0 Å². The van der Waals surface area contributed by atoms with Crippen molar-refractivity contribution >= 4 is 0 Å². The van der Waals surface area contributed by atoms with Crippen molar-refractivity contribution < 1.29 is 14.6 Å². The second-order valence-corrected chi connectivity index (χ2v) is 3.23. The fourth-order valence-electron chi connectivity index (χ4n) is 1.27. The minimum absolute atomic E-state index is 0.302. The topological polar surface area (TPSA) is 38.7 Å². The summed E-state index contributed by atoms with van der Waals surface area (Å²) in [4.78, 5) is 0. The highest BCUT2D eigenvalue weighted by atomic mass is 16.5. The maximum Gasteiger partial charge on any atom is 0.161 e. The molecule has 70 valence electrons. The van der Waals surface area contributed by atoms with Gasteiger partial charge in [-0.25, -0.2) is 0 Å². The Morgan fingerprint density at radius 1 is 1.23 bits per heavy atom. The van der Waals surface area contributed by atoms with Crippen LogP contribution in [0.25, 0.3) is 0 Å². The Morgan fingerprint density at radius 3 is 2.69 bits per heavy atom. The van der Waals surface area contributed by atoms with E-state index in [1.54, 1.807) is 0 Å². The van der Waals surface area contributed by atoms with Crippen LogP contribution in [0.4, 0.5) is 0 Å². The molecule has 0 saturated heterocycles. The van der Waals surface area contributed by atoms with E-state index in [1.807, 2.05) is 25.1 Å². The molecule has 1 heterocycles. The van der Waals surface area contributed by atoms with Gasteiger partial charge in [-0.1, -0.05) is 6.07 Å². The quantitative estimate of drug-likeness (QED) is 0.650. The zero-order valence-electron chi connectivity index (χ0n) is 7.49. The third kappa shape index (κ3) is 1.75. The normalized spacial score (nSPS) is 20.9. The van der Waals surface area contributed by atoms with Crippen molar-refractivity contribution in [1.82, 2.24) is 0 Å². The van der Waals surface area contributed by atoms with Crippen LogP contribution in [0, 0.1) is 6.92 Å². The Kier molecular flexibility index (Phi) is 2.10. The van der Waals surface area contributed by atoms with E-state index >= 15 is 0 Å². The number of aliphatic hydroxyl groups excluding tert-OH is 1. The maximum absolute atomic E-state index is 9.28. The number of ether oxygens (including phenoxy) is 2. The van der Waals surface area contributed by atoms with Crippen LogP contribution in [-0.4, -0.2) is 24.4 Å². The molecule has 0 bridgehead atoms. The van der Waals surface area contributed by atoms with E-state index in [0.29, 0.717) is 19.0 Å². The summed E-state index contributed by atoms with van der Waals surface area (Å²) in [6.45, 7) is 2.59. The molecule has 0 saturated carbocycles. The van der Waals surface area contributed by atoms with Crippen molar-refractivity contribution in [2.75, 3.05) is 13.2 Å². The van der Waals surface area contributed by atoms with Gasteiger partial charge in [0.1, 0.15) is 19.3 Å². The lowest BCUT2D eigenvalue weighted by molar-refractivity contribution is 0.0802. The number of benzene rings is 1. The number of rotatable bonds is 0. The first-order valence-corrected chi connectivity index (χ1v) is 4.30. The standard InChI is InChI=1S/C10H12O3/c1-7-2-3-9-10(4-7)13-6-8(11)5-12-9/h2-4,8,11H,5-6H2,1H3. The Morgan fingerprint density at radius 2 is 1.92 bits per heavy atom. The summed E-state index contributed by atoms with van der Waals surface area (Å²) in [5.74, 6) is 1.43. The van der Waals surface area contributed by atoms with Crippen molar-refractivity contribution in [2.45, 2.75) is 13.0 Å². The van der Waals surface area contributed by atoms with Crippen LogP contribution < -0.4 is 9.47 Å². The Labute approximate surface area is 76.9 Å². The molecule has 3 nitrogen and oxygen atoms in total. The summed E-state index contributed by atoms with van der Waals surface area (Å²) in [5, 5.41) is 9.28. The first-order valence-electron chi connectivity index (χ1n) is 4.30. The number of fused-ring (bicyclic) bond motifs is 1. The maximum atomic E-state index is 9.28. The van der Waals surface area contributed by atoms with E-state index in [0.717, 1.165) is 11.3 Å². The zero-order chi connectivity index (χ0) is 9.26. The lowest BCUT2D eigenvalue weighted by Gasteiger charge is -2.06. The third-order valence-electron chi connectivity index (χ3n) is 1.96. The molecule has 1 aliphatic rings. The fraction of sp³-hybridized carbons (Fsp3) is 0.400. The summed E-state index contributed by atoms with van der Waals surface area (Å²) in [6.07, 6.45) is -0.535. The molecule has 0 aliphatic carbocycles. The zero-order valence-corrected chi connectivity index (χ0v) is 7.49. The molecule has 2 rings (SSSR count). The molecule has 1 atom stereocenters. The smallest absolute Gasteiger partial charge is 0.161 e. The lowest BCUT2D eigenvalue weighted by atomic mass is 10.2. The van der Waals surface area contributed by atoms with E-state index in [1.165, 1.54) is 0 Å². The summed E-state index contributed by atoms with van der Waals surface area (Å²) in [7, 11) is 0. The fourth-order valence-corrected chi connectivity index (χ4v) is 1.27. The molecule has 1 aliphatic heterocycles. The molecular formula is C10H12O3. The first kappa shape index (κ1) is 8.38. The summed E-state index contributed by atoms with van der Waals surface area (Å²) >= 11 is 0. The number of hydrogen-bond acceptors (Lipinski definition) is 3. The van der Waals surface area contributed by atoms with Crippen molar-refractivity contribution in [3.8, 4) is 11.5 Å². The lowest BCUT2D eigenvalue weighted by Crippen LogP contribution is -2.21. The summed E-state index contributed by atoms with van der Waals surface area (Å²) in [6, 6.07) is 5.73. The first-order chi connectivity index (χ1) is 6.25. The van der Waals surface area contributed by atoms with Gasteiger partial charge < -0.3 is 14.6 Å². The van der Waals surface area contributed by atoms with Gasteiger partial charge in [-0.15, -0.1) is 0 Å². The van der Waals surface area contributed by atoms with Gasteiger partial charge in [0.05, 0.1) is 0 Å². The Balaban J connectivity index is 2.30. The highest BCUT2D eigenvalue weighted by Gasteiger charge is 2.15. The summed E-state index contributed by atoms with van der Waals surface area (Å²) < 4.78 is 10.7. The third-order valence-corrected chi connectivity index (χ3v) is 1.96. The predicted octanol–water partition coefficient (Wildman–Crippen LogP) is 1.13. The van der Waals surface area contributed by atoms with Gasteiger partial charge in [0.25, 0.3) is 0 Å². The Hall–Kier alpha value is -1.22. The van der Waals surface area contributed by atoms with Crippen LogP contribution in [0.3, 0.4) is 0 Å². The van der Waals surface area contributed by atoms with Crippen molar-refractivity contribution in [3.05, 3.63) is 23.8 Å². The van der Waals surface area contributed by atoms with Crippen LogP contribution in [0.5, 0.6) is 11.5 Å². The van der Waals surface area contributed by atoms with E-state index in [4.69, 9.17) is 9.47 Å². The van der Waals surface area contributed by atoms with Gasteiger partial charge >= 0.3 is 0 Å². The van der Waals surface area contributed by atoms with E-state index in [-0.39, 0.29) is 0 Å². The molecule has 0 amide bonds. The molecule has 1 N–H and O–H groups in total. The molecular weight excluding hydrogens is 168 g/mol. The molecule has 0 aromatic heterocycles. The van der Waals surface area contributed by atoms with Crippen LogP contribution >= 0.6 is 0 Å². The molecule has 13 heavy (non-hydrogen) atoms. The monoisotopic (exact) mass is 180 g/mol. The molecule has 1 unspecified atom stereocenters. The Bertz CT molecular complexity index is 309. The van der Waals surface area contributed by atoms with Crippen LogP contribution in [0.2, 0.25) is 0 Å². The average molecular weight is 180 g/mol. The predicted molar refractivity (Wildman–Crippen MR) is 48.2 cm³/mol. The molecule has 3 heteroatoms. The van der Waals surface area contributed by atoms with Crippen molar-refractivity contribution in [3.63, 3.8) is 0 Å². The molecule has 0 spiro atoms. The van der Waals surface area contributed by atoms with Gasteiger partial charge in [-0.05, 0) is 24.6 Å². The van der Waals surface area contributed by atoms with Gasteiger partial charge in [0.2, 0.25) is 0 Å². The van der Waals surface area contributed by atoms with Crippen LogP contribution in [-0.2, 0) is 0 Å². The average Bonchev–Trinajstić information content (AvgIpc) is 2.29. The number of hydrogen-bond donors (Lipinski definition) is 1. The van der Waals surface area contributed by atoms with Crippen molar-refractivity contribution in [1.29, 1.82) is 0 Å². The molecule has 1 aromatic rings. The largest absolute Gasteiger partial charge is 0.487 e. The minimum Gasteiger partial charge on any atom is -0.487 e. The summed E-state index contributed by atoms with van der Waals surface area (Å²) in [5.41, 5.74) is 1.12. The van der Waals surface area contributed by atoms with Gasteiger partial charge in [0, 0.05) is 0 Å². The number of aliphatic hydroxyl groups is 1. The van der Waals surface area contributed by atoms with Crippen LogP contribution in [0.15, 0.2) is 18.2 Å². The molecule has 1 aromatic carbocycles. The number of aryl methyl sites for hydroxylation is 1. The highest BCUT2D eigenvalue weighted by molar-refractivity contribution is 5.43. The second-order valence-electron chi connectivity index (χ2n) is 3.23. The second kappa shape index (κ2) is 3.26. The van der Waals surface area contributed by atoms with E-state index in [9.17, 15) is 5.11 Å². The van der Waals surface area contributed by atoms with Gasteiger partial charge in [-0.2, -0.15) is 0 Å².